The molecule has 3 heteroatoms. The molecule has 1 amide bonds. The largest absolute Gasteiger partial charge is 0.496 e. The highest BCUT2D eigenvalue weighted by Gasteiger charge is 2.23. The van der Waals surface area contributed by atoms with Gasteiger partial charge in [-0.1, -0.05) is 17.7 Å². The summed E-state index contributed by atoms with van der Waals surface area (Å²) in [5.41, 5.74) is 3.22. The first-order valence-corrected chi connectivity index (χ1v) is 6.03. The van der Waals surface area contributed by atoms with Gasteiger partial charge in [-0.2, -0.15) is 0 Å². The van der Waals surface area contributed by atoms with Crippen molar-refractivity contribution in [3.05, 3.63) is 28.8 Å². The van der Waals surface area contributed by atoms with Gasteiger partial charge in [-0.15, -0.1) is 0 Å². The fraction of sp³-hybridized carbons (Fsp3) is 0.500. The van der Waals surface area contributed by atoms with Gasteiger partial charge in [0.2, 0.25) is 5.91 Å². The third-order valence-corrected chi connectivity index (χ3v) is 2.99. The summed E-state index contributed by atoms with van der Waals surface area (Å²) in [6, 6.07) is 4.51. The molecule has 1 N–H and O–H groups in total. The second kappa shape index (κ2) is 4.78. The minimum absolute atomic E-state index is 0.0933. The molecule has 0 aliphatic heterocycles. The van der Waals surface area contributed by atoms with Crippen LogP contribution in [0.1, 0.15) is 29.5 Å². The molecule has 0 unspecified atom stereocenters. The van der Waals surface area contributed by atoms with E-state index in [1.54, 1.807) is 7.11 Å². The van der Waals surface area contributed by atoms with Gasteiger partial charge in [0.05, 0.1) is 13.5 Å². The molecule has 0 aromatic heterocycles. The Kier molecular flexibility index (Phi) is 3.36. The number of nitrogens with one attached hydrogen (secondary N) is 1. The van der Waals surface area contributed by atoms with E-state index < -0.39 is 0 Å². The lowest BCUT2D eigenvalue weighted by molar-refractivity contribution is -0.120. The van der Waals surface area contributed by atoms with Crippen LogP contribution < -0.4 is 10.1 Å². The Morgan fingerprint density at radius 2 is 2.12 bits per heavy atom. The average molecular weight is 233 g/mol. The van der Waals surface area contributed by atoms with Crippen LogP contribution in [0.5, 0.6) is 5.75 Å². The van der Waals surface area contributed by atoms with Crippen LogP contribution in [-0.2, 0) is 11.2 Å². The number of hydrogen-bond donors (Lipinski definition) is 1. The van der Waals surface area contributed by atoms with E-state index in [0.29, 0.717) is 12.5 Å². The van der Waals surface area contributed by atoms with Crippen molar-refractivity contribution in [3.63, 3.8) is 0 Å². The molecule has 0 radical (unpaired) electrons. The fourth-order valence-electron chi connectivity index (χ4n) is 2.15. The van der Waals surface area contributed by atoms with Crippen LogP contribution in [0, 0.1) is 13.8 Å². The van der Waals surface area contributed by atoms with Crippen molar-refractivity contribution in [1.29, 1.82) is 0 Å². The summed E-state index contributed by atoms with van der Waals surface area (Å²) in [5, 5.41) is 3.00. The molecule has 0 spiro atoms. The highest BCUT2D eigenvalue weighted by atomic mass is 16.5. The van der Waals surface area contributed by atoms with Gasteiger partial charge in [0.1, 0.15) is 5.75 Å². The molecule has 2 rings (SSSR count). The lowest BCUT2D eigenvalue weighted by Crippen LogP contribution is -2.27. The van der Waals surface area contributed by atoms with Crippen molar-refractivity contribution in [2.45, 2.75) is 39.2 Å². The minimum atomic E-state index is 0.0933. The molecule has 3 nitrogen and oxygen atoms in total. The molecule has 0 bridgehead atoms. The van der Waals surface area contributed by atoms with E-state index in [1.165, 1.54) is 0 Å². The van der Waals surface area contributed by atoms with Crippen molar-refractivity contribution in [1.82, 2.24) is 5.32 Å². The molecular formula is C14H19NO2. The Bertz CT molecular complexity index is 436. The van der Waals surface area contributed by atoms with E-state index >= 15 is 0 Å². The summed E-state index contributed by atoms with van der Waals surface area (Å²) in [4.78, 5) is 11.8. The first-order valence-electron chi connectivity index (χ1n) is 6.03. The quantitative estimate of drug-likeness (QED) is 0.865. The van der Waals surface area contributed by atoms with Gasteiger partial charge in [-0.05, 0) is 32.3 Å². The fourth-order valence-corrected chi connectivity index (χ4v) is 2.15. The maximum absolute atomic E-state index is 11.8. The smallest absolute Gasteiger partial charge is 0.224 e. The summed E-state index contributed by atoms with van der Waals surface area (Å²) in [6.45, 7) is 4.04. The highest BCUT2D eigenvalue weighted by molar-refractivity contribution is 5.80. The van der Waals surface area contributed by atoms with Crippen molar-refractivity contribution < 1.29 is 9.53 Å². The maximum atomic E-state index is 11.8. The van der Waals surface area contributed by atoms with Gasteiger partial charge in [0.15, 0.2) is 0 Å². The SMILES string of the molecule is COc1c(C)cc(C)cc1CC(=O)NC1CC1. The second-order valence-electron chi connectivity index (χ2n) is 4.79. The molecular weight excluding hydrogens is 214 g/mol. The van der Waals surface area contributed by atoms with Crippen LogP contribution in [0.4, 0.5) is 0 Å². The van der Waals surface area contributed by atoms with Gasteiger partial charge >= 0.3 is 0 Å². The van der Waals surface area contributed by atoms with E-state index in [-0.39, 0.29) is 5.91 Å². The summed E-state index contributed by atoms with van der Waals surface area (Å²) < 4.78 is 5.37. The van der Waals surface area contributed by atoms with E-state index in [4.69, 9.17) is 4.74 Å². The number of carbonyl (C=O) groups excluding carboxylic acids is 1. The monoisotopic (exact) mass is 233 g/mol. The van der Waals surface area contributed by atoms with Crippen molar-refractivity contribution >= 4 is 5.91 Å². The van der Waals surface area contributed by atoms with Gasteiger partial charge in [-0.3, -0.25) is 4.79 Å². The molecule has 0 heterocycles. The number of hydrogen-bond acceptors (Lipinski definition) is 2. The van der Waals surface area contributed by atoms with Gasteiger partial charge in [0, 0.05) is 11.6 Å². The third-order valence-electron chi connectivity index (χ3n) is 2.99. The number of benzene rings is 1. The van der Waals surface area contributed by atoms with E-state index in [1.807, 2.05) is 19.9 Å². The molecule has 1 aromatic carbocycles. The van der Waals surface area contributed by atoms with E-state index in [2.05, 4.69) is 11.4 Å². The number of methoxy groups -OCH3 is 1. The number of aryl methyl sites for hydroxylation is 2. The zero-order chi connectivity index (χ0) is 12.4. The molecule has 92 valence electrons. The van der Waals surface area contributed by atoms with Crippen molar-refractivity contribution in [3.8, 4) is 5.75 Å². The number of amides is 1. The van der Waals surface area contributed by atoms with Gasteiger partial charge < -0.3 is 10.1 Å². The number of ether oxygens (including phenoxy) is 1. The molecule has 0 saturated heterocycles. The summed E-state index contributed by atoms with van der Waals surface area (Å²) in [5.74, 6) is 0.928. The Hall–Kier alpha value is -1.51. The highest BCUT2D eigenvalue weighted by Crippen LogP contribution is 2.26. The van der Waals surface area contributed by atoms with Gasteiger partial charge in [-0.25, -0.2) is 0 Å². The third kappa shape index (κ3) is 2.99. The van der Waals surface area contributed by atoms with Crippen LogP contribution in [0.25, 0.3) is 0 Å². The van der Waals surface area contributed by atoms with Crippen LogP contribution in [-0.4, -0.2) is 19.1 Å². The summed E-state index contributed by atoms with van der Waals surface area (Å²) in [7, 11) is 1.65. The van der Waals surface area contributed by atoms with Crippen LogP contribution in [0.15, 0.2) is 12.1 Å². The molecule has 1 aliphatic carbocycles. The van der Waals surface area contributed by atoms with Gasteiger partial charge in [0.25, 0.3) is 0 Å². The Morgan fingerprint density at radius 3 is 2.71 bits per heavy atom. The standard InChI is InChI=1S/C14H19NO2/c1-9-6-10(2)14(17-3)11(7-9)8-13(16)15-12-4-5-12/h6-7,12H,4-5,8H2,1-3H3,(H,15,16). The summed E-state index contributed by atoms with van der Waals surface area (Å²) in [6.07, 6.45) is 2.65. The minimum Gasteiger partial charge on any atom is -0.496 e. The zero-order valence-corrected chi connectivity index (χ0v) is 10.7. The van der Waals surface area contributed by atoms with E-state index in [0.717, 1.165) is 35.3 Å². The Balaban J connectivity index is 2.14. The first kappa shape index (κ1) is 12.0. The van der Waals surface area contributed by atoms with Crippen LogP contribution >= 0.6 is 0 Å². The van der Waals surface area contributed by atoms with E-state index in [9.17, 15) is 4.79 Å². The maximum Gasteiger partial charge on any atom is 0.224 e. The molecule has 1 aromatic rings. The zero-order valence-electron chi connectivity index (χ0n) is 10.7. The van der Waals surface area contributed by atoms with Crippen molar-refractivity contribution in [2.24, 2.45) is 0 Å². The Labute approximate surface area is 102 Å². The lowest BCUT2D eigenvalue weighted by atomic mass is 10.0. The lowest BCUT2D eigenvalue weighted by Gasteiger charge is -2.12. The molecule has 1 aliphatic rings. The Morgan fingerprint density at radius 1 is 1.41 bits per heavy atom. The normalized spacial score (nSPS) is 14.5. The predicted octanol–water partition coefficient (Wildman–Crippen LogP) is 2.13. The number of rotatable bonds is 4. The molecule has 0 atom stereocenters. The van der Waals surface area contributed by atoms with Crippen LogP contribution in [0.2, 0.25) is 0 Å². The first-order chi connectivity index (χ1) is 8.10. The molecule has 17 heavy (non-hydrogen) atoms. The molecule has 1 saturated carbocycles. The average Bonchev–Trinajstić information content (AvgIpc) is 3.00. The topological polar surface area (TPSA) is 38.3 Å². The molecule has 1 fully saturated rings. The number of carbonyl (C=O) groups is 1. The second-order valence-corrected chi connectivity index (χ2v) is 4.79. The predicted molar refractivity (Wildman–Crippen MR) is 67.3 cm³/mol. The van der Waals surface area contributed by atoms with Crippen molar-refractivity contribution in [2.75, 3.05) is 7.11 Å². The van der Waals surface area contributed by atoms with Crippen LogP contribution in [0.3, 0.4) is 0 Å². The summed E-state index contributed by atoms with van der Waals surface area (Å²) >= 11 is 0.